The Hall–Kier alpha value is -2.36. The van der Waals surface area contributed by atoms with E-state index in [4.69, 9.17) is 0 Å². The van der Waals surface area contributed by atoms with Crippen LogP contribution in [0.5, 0.6) is 0 Å². The Kier molecular flexibility index (Phi) is 5.32. The topological polar surface area (TPSA) is 42.3 Å². The maximum Gasteiger partial charge on any atom is 0.250 e. The standard InChI is InChI=1S/C17H20N2O2/c1-2-18(13-11-15-8-4-3-5-9-15)17(21)14-19-12-7-6-10-16(19)20/h3-10,12H,2,11,13-14H2,1H3. The number of aromatic nitrogens is 1. The number of likely N-dealkylation sites (N-methyl/N-ethyl adjacent to an activating group) is 1. The molecule has 0 spiro atoms. The van der Waals surface area contributed by atoms with Crippen LogP contribution in [0.3, 0.4) is 0 Å². The lowest BCUT2D eigenvalue weighted by Gasteiger charge is -2.21. The normalized spacial score (nSPS) is 10.3. The summed E-state index contributed by atoms with van der Waals surface area (Å²) in [7, 11) is 0. The van der Waals surface area contributed by atoms with Crippen LogP contribution >= 0.6 is 0 Å². The average molecular weight is 284 g/mol. The van der Waals surface area contributed by atoms with Gasteiger partial charge in [-0.2, -0.15) is 0 Å². The Morgan fingerprint density at radius 1 is 1.10 bits per heavy atom. The number of rotatable bonds is 6. The van der Waals surface area contributed by atoms with Gasteiger partial charge < -0.3 is 9.47 Å². The molecule has 0 aliphatic heterocycles. The van der Waals surface area contributed by atoms with Crippen LogP contribution in [0.2, 0.25) is 0 Å². The molecule has 0 atom stereocenters. The summed E-state index contributed by atoms with van der Waals surface area (Å²) in [6.45, 7) is 3.37. The van der Waals surface area contributed by atoms with Gasteiger partial charge in [-0.05, 0) is 25.0 Å². The minimum Gasteiger partial charge on any atom is -0.341 e. The van der Waals surface area contributed by atoms with Crippen molar-refractivity contribution in [3.05, 3.63) is 70.6 Å². The van der Waals surface area contributed by atoms with Gasteiger partial charge in [0.05, 0.1) is 0 Å². The average Bonchev–Trinajstić information content (AvgIpc) is 2.51. The van der Waals surface area contributed by atoms with Crippen LogP contribution in [0, 0.1) is 0 Å². The summed E-state index contributed by atoms with van der Waals surface area (Å²) >= 11 is 0. The van der Waals surface area contributed by atoms with Gasteiger partial charge in [-0.1, -0.05) is 36.4 Å². The van der Waals surface area contributed by atoms with E-state index in [0.29, 0.717) is 13.1 Å². The summed E-state index contributed by atoms with van der Waals surface area (Å²) in [5.41, 5.74) is 1.06. The molecular weight excluding hydrogens is 264 g/mol. The van der Waals surface area contributed by atoms with Gasteiger partial charge >= 0.3 is 0 Å². The van der Waals surface area contributed by atoms with Gasteiger partial charge in [-0.15, -0.1) is 0 Å². The lowest BCUT2D eigenvalue weighted by molar-refractivity contribution is -0.131. The van der Waals surface area contributed by atoms with Crippen molar-refractivity contribution in [1.82, 2.24) is 9.47 Å². The minimum absolute atomic E-state index is 0.0262. The van der Waals surface area contributed by atoms with Gasteiger partial charge in [0, 0.05) is 25.4 Å². The molecule has 1 heterocycles. The first-order chi connectivity index (χ1) is 10.2. The highest BCUT2D eigenvalue weighted by molar-refractivity contribution is 5.76. The predicted molar refractivity (Wildman–Crippen MR) is 83.1 cm³/mol. The molecule has 0 aliphatic rings. The van der Waals surface area contributed by atoms with Gasteiger partial charge in [0.1, 0.15) is 6.54 Å². The summed E-state index contributed by atoms with van der Waals surface area (Å²) in [5, 5.41) is 0. The number of hydrogen-bond donors (Lipinski definition) is 0. The highest BCUT2D eigenvalue weighted by Gasteiger charge is 2.12. The fourth-order valence-electron chi connectivity index (χ4n) is 2.20. The quantitative estimate of drug-likeness (QED) is 0.813. The Morgan fingerprint density at radius 2 is 1.81 bits per heavy atom. The zero-order valence-electron chi connectivity index (χ0n) is 12.2. The molecule has 0 radical (unpaired) electrons. The maximum absolute atomic E-state index is 12.3. The third-order valence-corrected chi connectivity index (χ3v) is 3.45. The maximum atomic E-state index is 12.3. The molecule has 0 saturated heterocycles. The molecule has 0 saturated carbocycles. The van der Waals surface area contributed by atoms with Crippen molar-refractivity contribution in [3.8, 4) is 0 Å². The first-order valence-corrected chi connectivity index (χ1v) is 7.18. The molecule has 0 bridgehead atoms. The van der Waals surface area contributed by atoms with E-state index < -0.39 is 0 Å². The smallest absolute Gasteiger partial charge is 0.250 e. The van der Waals surface area contributed by atoms with Gasteiger partial charge in [-0.3, -0.25) is 9.59 Å². The number of benzene rings is 1. The molecule has 1 aromatic heterocycles. The second kappa shape index (κ2) is 7.43. The lowest BCUT2D eigenvalue weighted by atomic mass is 10.1. The first-order valence-electron chi connectivity index (χ1n) is 7.18. The van der Waals surface area contributed by atoms with Crippen LogP contribution in [-0.2, 0) is 17.8 Å². The van der Waals surface area contributed by atoms with Crippen LogP contribution in [0.1, 0.15) is 12.5 Å². The van der Waals surface area contributed by atoms with E-state index >= 15 is 0 Å². The van der Waals surface area contributed by atoms with Crippen LogP contribution in [0.15, 0.2) is 59.5 Å². The third-order valence-electron chi connectivity index (χ3n) is 3.45. The molecule has 1 aromatic carbocycles. The fourth-order valence-corrected chi connectivity index (χ4v) is 2.20. The molecule has 4 nitrogen and oxygen atoms in total. The number of nitrogens with zero attached hydrogens (tertiary/aromatic N) is 2. The molecule has 2 rings (SSSR count). The number of carbonyl (C=O) groups excluding carboxylic acids is 1. The van der Waals surface area contributed by atoms with Crippen LogP contribution < -0.4 is 5.56 Å². The van der Waals surface area contributed by atoms with Gasteiger partial charge in [0.2, 0.25) is 5.91 Å². The monoisotopic (exact) mass is 284 g/mol. The van der Waals surface area contributed by atoms with E-state index in [1.807, 2.05) is 25.1 Å². The Balaban J connectivity index is 1.96. The highest BCUT2D eigenvalue weighted by Crippen LogP contribution is 2.02. The molecule has 0 unspecified atom stereocenters. The molecule has 2 aromatic rings. The number of pyridine rings is 1. The number of hydrogen-bond acceptors (Lipinski definition) is 2. The molecule has 1 amide bonds. The van der Waals surface area contributed by atoms with Crippen molar-refractivity contribution in [1.29, 1.82) is 0 Å². The Bertz CT molecular complexity index is 634. The van der Waals surface area contributed by atoms with Gasteiger partial charge in [0.15, 0.2) is 0 Å². The minimum atomic E-state index is -0.148. The summed E-state index contributed by atoms with van der Waals surface area (Å²) < 4.78 is 1.44. The van der Waals surface area contributed by atoms with Crippen molar-refractivity contribution >= 4 is 5.91 Å². The summed E-state index contributed by atoms with van der Waals surface area (Å²) in [6, 6.07) is 15.0. The largest absolute Gasteiger partial charge is 0.341 e. The number of carbonyl (C=O) groups is 1. The Morgan fingerprint density at radius 3 is 2.48 bits per heavy atom. The molecule has 0 fully saturated rings. The van der Waals surface area contributed by atoms with E-state index in [1.54, 1.807) is 23.2 Å². The molecule has 0 N–H and O–H groups in total. The van der Waals surface area contributed by atoms with E-state index in [0.717, 1.165) is 6.42 Å². The van der Waals surface area contributed by atoms with E-state index in [9.17, 15) is 9.59 Å². The summed E-state index contributed by atoms with van der Waals surface area (Å²) in [4.78, 5) is 25.7. The van der Waals surface area contributed by atoms with E-state index in [2.05, 4.69) is 12.1 Å². The molecular formula is C17H20N2O2. The Labute approximate surface area is 124 Å². The van der Waals surface area contributed by atoms with Crippen molar-refractivity contribution in [2.24, 2.45) is 0 Å². The van der Waals surface area contributed by atoms with Crippen LogP contribution in [-0.4, -0.2) is 28.5 Å². The van der Waals surface area contributed by atoms with Crippen molar-refractivity contribution in [3.63, 3.8) is 0 Å². The SMILES string of the molecule is CCN(CCc1ccccc1)C(=O)Cn1ccccc1=O. The molecule has 110 valence electrons. The zero-order valence-corrected chi connectivity index (χ0v) is 12.2. The van der Waals surface area contributed by atoms with Crippen LogP contribution in [0.25, 0.3) is 0 Å². The molecule has 21 heavy (non-hydrogen) atoms. The lowest BCUT2D eigenvalue weighted by Crippen LogP contribution is -2.37. The second-order valence-corrected chi connectivity index (χ2v) is 4.88. The summed E-state index contributed by atoms with van der Waals surface area (Å²) in [5.74, 6) is -0.0262. The first kappa shape index (κ1) is 15.0. The summed E-state index contributed by atoms with van der Waals surface area (Å²) in [6.07, 6.45) is 2.47. The van der Waals surface area contributed by atoms with E-state index in [-0.39, 0.29) is 18.0 Å². The highest BCUT2D eigenvalue weighted by atomic mass is 16.2. The molecule has 4 heteroatoms. The fraction of sp³-hybridized carbons (Fsp3) is 0.294. The predicted octanol–water partition coefficient (Wildman–Crippen LogP) is 1.94. The van der Waals surface area contributed by atoms with Crippen LogP contribution in [0.4, 0.5) is 0 Å². The molecule has 0 aliphatic carbocycles. The second-order valence-electron chi connectivity index (χ2n) is 4.88. The zero-order chi connectivity index (χ0) is 15.1. The van der Waals surface area contributed by atoms with E-state index in [1.165, 1.54) is 16.2 Å². The third kappa shape index (κ3) is 4.31. The van der Waals surface area contributed by atoms with Gasteiger partial charge in [0.25, 0.3) is 5.56 Å². The van der Waals surface area contributed by atoms with Crippen molar-refractivity contribution < 1.29 is 4.79 Å². The van der Waals surface area contributed by atoms with Gasteiger partial charge in [-0.25, -0.2) is 0 Å². The van der Waals surface area contributed by atoms with Crippen molar-refractivity contribution in [2.45, 2.75) is 19.9 Å². The van der Waals surface area contributed by atoms with Crippen molar-refractivity contribution in [2.75, 3.05) is 13.1 Å². The number of amides is 1.